The molecule has 0 aliphatic heterocycles. The highest BCUT2D eigenvalue weighted by Gasteiger charge is 2.15. The van der Waals surface area contributed by atoms with Crippen LogP contribution < -0.4 is 0 Å². The second-order valence-electron chi connectivity index (χ2n) is 5.42. The van der Waals surface area contributed by atoms with Crippen molar-refractivity contribution in [2.45, 2.75) is 53.1 Å². The molecular formula is C15H22N4O2. The number of aromatic nitrogens is 4. The second-order valence-corrected chi connectivity index (χ2v) is 5.42. The van der Waals surface area contributed by atoms with E-state index in [2.05, 4.69) is 24.0 Å². The molecule has 0 bridgehead atoms. The van der Waals surface area contributed by atoms with Crippen molar-refractivity contribution in [2.24, 2.45) is 0 Å². The SMILES string of the molecule is CCC(C)n1ccc(Cn2nc(C)c(CC(=O)O)c2C)n1. The summed E-state index contributed by atoms with van der Waals surface area (Å²) in [5, 5.41) is 17.9. The molecule has 114 valence electrons. The fourth-order valence-corrected chi connectivity index (χ4v) is 2.34. The Bertz CT molecular complexity index is 642. The maximum absolute atomic E-state index is 10.9. The minimum atomic E-state index is -0.832. The molecule has 2 aromatic heterocycles. The quantitative estimate of drug-likeness (QED) is 0.886. The molecule has 0 aliphatic carbocycles. The molecule has 2 rings (SSSR count). The fourth-order valence-electron chi connectivity index (χ4n) is 2.34. The van der Waals surface area contributed by atoms with Gasteiger partial charge in [-0.25, -0.2) is 0 Å². The van der Waals surface area contributed by atoms with Gasteiger partial charge in [-0.1, -0.05) is 6.92 Å². The first kappa shape index (κ1) is 15.3. The van der Waals surface area contributed by atoms with E-state index >= 15 is 0 Å². The average Bonchev–Trinajstić information content (AvgIpc) is 2.99. The van der Waals surface area contributed by atoms with E-state index in [1.54, 1.807) is 0 Å². The lowest BCUT2D eigenvalue weighted by molar-refractivity contribution is -0.136. The van der Waals surface area contributed by atoms with Gasteiger partial charge in [-0.05, 0) is 33.3 Å². The molecule has 1 atom stereocenters. The predicted molar refractivity (Wildman–Crippen MR) is 79.4 cm³/mol. The van der Waals surface area contributed by atoms with E-state index in [1.165, 1.54) is 0 Å². The smallest absolute Gasteiger partial charge is 0.307 e. The van der Waals surface area contributed by atoms with E-state index in [1.807, 2.05) is 35.5 Å². The van der Waals surface area contributed by atoms with E-state index in [0.29, 0.717) is 12.6 Å². The Kier molecular flexibility index (Phi) is 4.45. The van der Waals surface area contributed by atoms with E-state index < -0.39 is 5.97 Å². The zero-order chi connectivity index (χ0) is 15.6. The van der Waals surface area contributed by atoms with Gasteiger partial charge >= 0.3 is 5.97 Å². The van der Waals surface area contributed by atoms with Crippen LogP contribution in [0.1, 0.15) is 49.0 Å². The van der Waals surface area contributed by atoms with Gasteiger partial charge in [0.2, 0.25) is 0 Å². The third-order valence-corrected chi connectivity index (χ3v) is 3.88. The number of carboxylic acids is 1. The van der Waals surface area contributed by atoms with Gasteiger partial charge in [0.1, 0.15) is 0 Å². The summed E-state index contributed by atoms with van der Waals surface area (Å²) in [6.45, 7) is 8.58. The maximum Gasteiger partial charge on any atom is 0.307 e. The van der Waals surface area contributed by atoms with E-state index in [9.17, 15) is 4.79 Å². The predicted octanol–water partition coefficient (Wildman–Crippen LogP) is 2.34. The Hall–Kier alpha value is -2.11. The summed E-state index contributed by atoms with van der Waals surface area (Å²) >= 11 is 0. The van der Waals surface area contributed by atoms with Gasteiger partial charge in [0.15, 0.2) is 0 Å². The minimum absolute atomic E-state index is 0.0129. The molecule has 2 heterocycles. The van der Waals surface area contributed by atoms with Gasteiger partial charge in [-0.15, -0.1) is 0 Å². The summed E-state index contributed by atoms with van der Waals surface area (Å²) in [7, 11) is 0. The van der Waals surface area contributed by atoms with Crippen LogP contribution in [-0.4, -0.2) is 30.6 Å². The first-order valence-electron chi connectivity index (χ1n) is 7.21. The normalized spacial score (nSPS) is 12.6. The average molecular weight is 290 g/mol. The monoisotopic (exact) mass is 290 g/mol. The number of hydrogen-bond donors (Lipinski definition) is 1. The van der Waals surface area contributed by atoms with Crippen molar-refractivity contribution >= 4 is 5.97 Å². The third kappa shape index (κ3) is 3.32. The lowest BCUT2D eigenvalue weighted by atomic mass is 10.1. The van der Waals surface area contributed by atoms with Crippen LogP contribution in [0.4, 0.5) is 0 Å². The van der Waals surface area contributed by atoms with Crippen LogP contribution in [0.25, 0.3) is 0 Å². The Morgan fingerprint density at radius 1 is 1.38 bits per heavy atom. The Balaban J connectivity index is 2.20. The molecule has 2 aromatic rings. The number of aryl methyl sites for hydroxylation is 1. The van der Waals surface area contributed by atoms with Crippen LogP contribution >= 0.6 is 0 Å². The molecule has 0 amide bonds. The van der Waals surface area contributed by atoms with Gasteiger partial charge < -0.3 is 5.11 Å². The lowest BCUT2D eigenvalue weighted by Crippen LogP contribution is -2.08. The molecule has 21 heavy (non-hydrogen) atoms. The zero-order valence-corrected chi connectivity index (χ0v) is 13.0. The van der Waals surface area contributed by atoms with Crippen molar-refractivity contribution < 1.29 is 9.90 Å². The van der Waals surface area contributed by atoms with Crippen LogP contribution in [0.15, 0.2) is 12.3 Å². The second kappa shape index (κ2) is 6.11. The van der Waals surface area contributed by atoms with Crippen molar-refractivity contribution in [2.75, 3.05) is 0 Å². The lowest BCUT2D eigenvalue weighted by Gasteiger charge is -2.08. The molecule has 6 heteroatoms. The molecule has 0 fully saturated rings. The summed E-state index contributed by atoms with van der Waals surface area (Å²) in [6, 6.07) is 2.36. The van der Waals surface area contributed by atoms with Crippen LogP contribution in [0.3, 0.4) is 0 Å². The van der Waals surface area contributed by atoms with Crippen LogP contribution in [0, 0.1) is 13.8 Å². The molecule has 1 N–H and O–H groups in total. The number of carboxylic acid groups (broad SMARTS) is 1. The molecule has 0 aliphatic rings. The first-order chi connectivity index (χ1) is 9.92. The third-order valence-electron chi connectivity index (χ3n) is 3.88. The summed E-state index contributed by atoms with van der Waals surface area (Å²) in [5.41, 5.74) is 3.40. The standard InChI is InChI=1S/C15H22N4O2/c1-5-10(2)18-7-6-13(17-18)9-19-12(4)14(8-15(20)21)11(3)16-19/h6-7,10H,5,8-9H2,1-4H3,(H,20,21). The summed E-state index contributed by atoms with van der Waals surface area (Å²) in [5.74, 6) is -0.832. The van der Waals surface area contributed by atoms with Gasteiger partial charge in [0.25, 0.3) is 0 Å². The van der Waals surface area contributed by atoms with Crippen LogP contribution in [0.5, 0.6) is 0 Å². The highest BCUT2D eigenvalue weighted by atomic mass is 16.4. The molecule has 1 unspecified atom stereocenters. The molecule has 0 spiro atoms. The summed E-state index contributed by atoms with van der Waals surface area (Å²) < 4.78 is 3.79. The minimum Gasteiger partial charge on any atom is -0.481 e. The topological polar surface area (TPSA) is 72.9 Å². The van der Waals surface area contributed by atoms with Gasteiger partial charge in [-0.2, -0.15) is 10.2 Å². The Morgan fingerprint density at radius 2 is 2.10 bits per heavy atom. The van der Waals surface area contributed by atoms with E-state index in [4.69, 9.17) is 5.11 Å². The number of carbonyl (C=O) groups is 1. The van der Waals surface area contributed by atoms with Crippen LogP contribution in [0.2, 0.25) is 0 Å². The van der Waals surface area contributed by atoms with Crippen LogP contribution in [-0.2, 0) is 17.8 Å². The van der Waals surface area contributed by atoms with Crippen molar-refractivity contribution in [1.82, 2.24) is 19.6 Å². The van der Waals surface area contributed by atoms with Gasteiger partial charge in [-0.3, -0.25) is 14.2 Å². The zero-order valence-electron chi connectivity index (χ0n) is 13.0. The summed E-state index contributed by atoms with van der Waals surface area (Å²) in [6.07, 6.45) is 3.02. The van der Waals surface area contributed by atoms with Crippen molar-refractivity contribution in [1.29, 1.82) is 0 Å². The molecule has 6 nitrogen and oxygen atoms in total. The van der Waals surface area contributed by atoms with E-state index in [-0.39, 0.29) is 6.42 Å². The number of hydrogen-bond acceptors (Lipinski definition) is 3. The van der Waals surface area contributed by atoms with Gasteiger partial charge in [0, 0.05) is 23.5 Å². The largest absolute Gasteiger partial charge is 0.481 e. The fraction of sp³-hybridized carbons (Fsp3) is 0.533. The number of nitrogens with zero attached hydrogens (tertiary/aromatic N) is 4. The van der Waals surface area contributed by atoms with Gasteiger partial charge in [0.05, 0.1) is 24.4 Å². The summed E-state index contributed by atoms with van der Waals surface area (Å²) in [4.78, 5) is 10.9. The van der Waals surface area contributed by atoms with Crippen molar-refractivity contribution in [3.8, 4) is 0 Å². The number of rotatable bonds is 6. The number of aliphatic carboxylic acids is 1. The van der Waals surface area contributed by atoms with Crippen molar-refractivity contribution in [3.63, 3.8) is 0 Å². The Labute approximate surface area is 124 Å². The highest BCUT2D eigenvalue weighted by Crippen LogP contribution is 2.16. The molecular weight excluding hydrogens is 268 g/mol. The van der Waals surface area contributed by atoms with E-state index in [0.717, 1.165) is 29.1 Å². The van der Waals surface area contributed by atoms with Crippen molar-refractivity contribution in [3.05, 3.63) is 34.9 Å². The molecule has 0 aromatic carbocycles. The molecule has 0 saturated heterocycles. The Morgan fingerprint density at radius 3 is 2.71 bits per heavy atom. The molecule has 0 radical (unpaired) electrons. The first-order valence-corrected chi connectivity index (χ1v) is 7.21. The highest BCUT2D eigenvalue weighted by molar-refractivity contribution is 5.70. The maximum atomic E-state index is 10.9. The molecule has 0 saturated carbocycles.